The Bertz CT molecular complexity index is 328. The third kappa shape index (κ3) is 1.24. The minimum absolute atomic E-state index is 0.0631. The Balaban J connectivity index is 1.88. The molecule has 0 radical (unpaired) electrons. The fourth-order valence-corrected chi connectivity index (χ4v) is 3.58. The van der Waals surface area contributed by atoms with Crippen LogP contribution in [0.1, 0.15) is 25.7 Å². The Morgan fingerprint density at radius 1 is 1.53 bits per heavy atom. The van der Waals surface area contributed by atoms with Gasteiger partial charge in [-0.1, -0.05) is 18.6 Å². The molecule has 0 amide bonds. The molecule has 4 nitrogen and oxygen atoms in total. The van der Waals surface area contributed by atoms with E-state index in [1.165, 1.54) is 6.42 Å². The summed E-state index contributed by atoms with van der Waals surface area (Å²) in [6.07, 6.45) is 8.75. The number of fused-ring (bicyclic) bond motifs is 1. The van der Waals surface area contributed by atoms with Crippen LogP contribution in [0.5, 0.6) is 0 Å². The summed E-state index contributed by atoms with van der Waals surface area (Å²) < 4.78 is 5.96. The third-order valence-electron chi connectivity index (χ3n) is 4.19. The Hall–Kier alpha value is -0.900. The predicted octanol–water partition coefficient (Wildman–Crippen LogP) is 1.78. The molecular weight excluding hydrogens is 194 g/mol. The molecule has 2 fully saturated rings. The smallest absolute Gasteiger partial charge is 0.209 e. The molecule has 4 atom stereocenters. The lowest BCUT2D eigenvalue weighted by Crippen LogP contribution is -2.46. The summed E-state index contributed by atoms with van der Waals surface area (Å²) in [5.41, 5.74) is -0.268. The normalized spacial score (nSPS) is 46.8. The molecule has 2 bridgehead atoms. The second-order valence-electron chi connectivity index (χ2n) is 4.94. The van der Waals surface area contributed by atoms with Gasteiger partial charge in [0.2, 0.25) is 6.54 Å². The molecule has 4 unspecified atom stereocenters. The molecule has 0 aromatic heterocycles. The second-order valence-corrected chi connectivity index (χ2v) is 4.94. The number of nitrogens with zero attached hydrogens (tertiary/aromatic N) is 1. The number of ether oxygens (including phenoxy) is 1. The molecule has 0 N–H and O–H groups in total. The van der Waals surface area contributed by atoms with Crippen molar-refractivity contribution in [2.75, 3.05) is 6.54 Å². The Labute approximate surface area is 88.4 Å². The monoisotopic (exact) mass is 209 g/mol. The lowest BCUT2D eigenvalue weighted by Gasteiger charge is -2.40. The van der Waals surface area contributed by atoms with Crippen LogP contribution in [-0.2, 0) is 4.74 Å². The number of rotatable bonds is 2. The summed E-state index contributed by atoms with van der Waals surface area (Å²) in [6.45, 7) is 0.0631. The third-order valence-corrected chi connectivity index (χ3v) is 4.19. The van der Waals surface area contributed by atoms with Crippen LogP contribution in [0.15, 0.2) is 12.2 Å². The van der Waals surface area contributed by atoms with Gasteiger partial charge in [0, 0.05) is 4.92 Å². The van der Waals surface area contributed by atoms with E-state index in [9.17, 15) is 10.1 Å². The van der Waals surface area contributed by atoms with E-state index in [0.29, 0.717) is 5.92 Å². The molecule has 1 spiro atoms. The number of hydrogen-bond donors (Lipinski definition) is 0. The topological polar surface area (TPSA) is 52.4 Å². The summed E-state index contributed by atoms with van der Waals surface area (Å²) in [5.74, 6) is 0.626. The van der Waals surface area contributed by atoms with Crippen LogP contribution in [0.2, 0.25) is 0 Å². The highest BCUT2D eigenvalue weighted by atomic mass is 16.6. The fourth-order valence-electron chi connectivity index (χ4n) is 3.58. The van der Waals surface area contributed by atoms with Crippen LogP contribution in [-0.4, -0.2) is 23.2 Å². The first-order valence-electron chi connectivity index (χ1n) is 5.70. The Morgan fingerprint density at radius 2 is 2.40 bits per heavy atom. The minimum atomic E-state index is -0.268. The van der Waals surface area contributed by atoms with Crippen LogP contribution in [0.3, 0.4) is 0 Å². The van der Waals surface area contributed by atoms with Gasteiger partial charge in [-0.2, -0.15) is 0 Å². The van der Waals surface area contributed by atoms with Crippen LogP contribution in [0, 0.1) is 22.0 Å². The van der Waals surface area contributed by atoms with Gasteiger partial charge in [0.25, 0.3) is 0 Å². The van der Waals surface area contributed by atoms with Gasteiger partial charge in [-0.05, 0) is 25.2 Å². The van der Waals surface area contributed by atoms with E-state index in [4.69, 9.17) is 4.74 Å². The first kappa shape index (κ1) is 9.33. The van der Waals surface area contributed by atoms with Crippen molar-refractivity contribution in [1.82, 2.24) is 0 Å². The molecule has 2 aliphatic heterocycles. The molecule has 1 saturated carbocycles. The highest BCUT2D eigenvalue weighted by molar-refractivity contribution is 5.23. The van der Waals surface area contributed by atoms with E-state index >= 15 is 0 Å². The zero-order valence-corrected chi connectivity index (χ0v) is 8.59. The zero-order chi connectivity index (χ0) is 10.5. The highest BCUT2D eigenvalue weighted by Crippen LogP contribution is 2.53. The maximum Gasteiger partial charge on any atom is 0.209 e. The molecule has 4 heteroatoms. The van der Waals surface area contributed by atoms with Gasteiger partial charge in [-0.15, -0.1) is 0 Å². The molecule has 82 valence electrons. The lowest BCUT2D eigenvalue weighted by atomic mass is 9.67. The standard InChI is InChI=1S/C11H15NO3/c13-12(14)7-9-3-1-2-8-6-10-4-5-11(8,9)15-10/h4-5,8-10H,1-3,6-7H2. The molecule has 3 rings (SSSR count). The molecule has 3 aliphatic rings. The summed E-state index contributed by atoms with van der Waals surface area (Å²) >= 11 is 0. The van der Waals surface area contributed by atoms with Gasteiger partial charge in [0.05, 0.1) is 17.6 Å². The zero-order valence-electron chi connectivity index (χ0n) is 8.59. The van der Waals surface area contributed by atoms with Crippen LogP contribution in [0.25, 0.3) is 0 Å². The maximum absolute atomic E-state index is 10.7. The first-order chi connectivity index (χ1) is 7.21. The molecule has 0 aromatic carbocycles. The van der Waals surface area contributed by atoms with E-state index in [2.05, 4.69) is 12.2 Å². The average molecular weight is 209 g/mol. The average Bonchev–Trinajstić information content (AvgIpc) is 2.74. The summed E-state index contributed by atoms with van der Waals surface area (Å²) in [4.78, 5) is 10.5. The number of nitro groups is 1. The molecule has 2 heterocycles. The van der Waals surface area contributed by atoms with Crippen molar-refractivity contribution < 1.29 is 9.66 Å². The van der Waals surface area contributed by atoms with Crippen LogP contribution < -0.4 is 0 Å². The van der Waals surface area contributed by atoms with Crippen molar-refractivity contribution in [2.24, 2.45) is 11.8 Å². The SMILES string of the molecule is O=[N+]([O-])CC1CCCC2CC3C=CC21O3. The summed E-state index contributed by atoms with van der Waals surface area (Å²) in [7, 11) is 0. The van der Waals surface area contributed by atoms with Gasteiger partial charge in [-0.3, -0.25) is 10.1 Å². The van der Waals surface area contributed by atoms with Gasteiger partial charge >= 0.3 is 0 Å². The van der Waals surface area contributed by atoms with Crippen molar-refractivity contribution >= 4 is 0 Å². The fraction of sp³-hybridized carbons (Fsp3) is 0.818. The van der Waals surface area contributed by atoms with E-state index in [0.717, 1.165) is 19.3 Å². The van der Waals surface area contributed by atoms with Crippen molar-refractivity contribution in [2.45, 2.75) is 37.4 Å². The van der Waals surface area contributed by atoms with E-state index in [-0.39, 0.29) is 29.1 Å². The van der Waals surface area contributed by atoms with Gasteiger partial charge in [0.1, 0.15) is 0 Å². The van der Waals surface area contributed by atoms with Gasteiger partial charge in [-0.25, -0.2) is 0 Å². The molecular formula is C11H15NO3. The molecule has 0 aromatic rings. The Kier molecular flexibility index (Phi) is 1.89. The van der Waals surface area contributed by atoms with Crippen LogP contribution >= 0.6 is 0 Å². The molecule has 15 heavy (non-hydrogen) atoms. The lowest BCUT2D eigenvalue weighted by molar-refractivity contribution is -0.493. The van der Waals surface area contributed by atoms with Gasteiger partial charge in [0.15, 0.2) is 0 Å². The molecule has 1 saturated heterocycles. The largest absolute Gasteiger partial charge is 0.363 e. The first-order valence-corrected chi connectivity index (χ1v) is 5.70. The molecule has 1 aliphatic carbocycles. The van der Waals surface area contributed by atoms with Crippen molar-refractivity contribution in [3.8, 4) is 0 Å². The second kappa shape index (κ2) is 3.04. The van der Waals surface area contributed by atoms with Crippen LogP contribution in [0.4, 0.5) is 0 Å². The highest BCUT2D eigenvalue weighted by Gasteiger charge is 2.57. The van der Waals surface area contributed by atoms with E-state index in [1.807, 2.05) is 0 Å². The number of hydrogen-bond acceptors (Lipinski definition) is 3. The van der Waals surface area contributed by atoms with Crippen molar-refractivity contribution in [1.29, 1.82) is 0 Å². The Morgan fingerprint density at radius 3 is 3.13 bits per heavy atom. The predicted molar refractivity (Wildman–Crippen MR) is 54.1 cm³/mol. The van der Waals surface area contributed by atoms with Crippen molar-refractivity contribution in [3.05, 3.63) is 22.3 Å². The summed E-state index contributed by atoms with van der Waals surface area (Å²) in [6, 6.07) is 0. The minimum Gasteiger partial charge on any atom is -0.363 e. The van der Waals surface area contributed by atoms with Crippen molar-refractivity contribution in [3.63, 3.8) is 0 Å². The maximum atomic E-state index is 10.7. The summed E-state index contributed by atoms with van der Waals surface area (Å²) in [5, 5.41) is 10.7. The van der Waals surface area contributed by atoms with Gasteiger partial charge < -0.3 is 4.74 Å². The quantitative estimate of drug-likeness (QED) is 0.395. The van der Waals surface area contributed by atoms with E-state index < -0.39 is 0 Å². The van der Waals surface area contributed by atoms with E-state index in [1.54, 1.807) is 0 Å².